The van der Waals surface area contributed by atoms with Crippen LogP contribution in [0.2, 0.25) is 0 Å². The summed E-state index contributed by atoms with van der Waals surface area (Å²) in [6.07, 6.45) is 2.14. The van der Waals surface area contributed by atoms with Gasteiger partial charge in [-0.25, -0.2) is 4.79 Å². The maximum atomic E-state index is 13.1. The van der Waals surface area contributed by atoms with Gasteiger partial charge in [-0.15, -0.1) is 0 Å². The highest BCUT2D eigenvalue weighted by Crippen LogP contribution is 2.60. The Bertz CT molecular complexity index is 851. The van der Waals surface area contributed by atoms with E-state index in [1.165, 1.54) is 14.0 Å². The number of methoxy groups -OCH3 is 1. The van der Waals surface area contributed by atoms with Crippen molar-refractivity contribution < 1.29 is 38.7 Å². The van der Waals surface area contributed by atoms with E-state index in [0.717, 1.165) is 5.57 Å². The van der Waals surface area contributed by atoms with Crippen LogP contribution in [0.15, 0.2) is 23.8 Å². The number of carbonyl (C=O) groups excluding carboxylic acids is 2. The predicted octanol–water partition coefficient (Wildman–Crippen LogP) is 1.78. The summed E-state index contributed by atoms with van der Waals surface area (Å²) >= 11 is 0. The molecule has 1 spiro atoms. The zero-order valence-corrected chi connectivity index (χ0v) is 20.1. The average molecular weight is 465 g/mol. The quantitative estimate of drug-likeness (QED) is 0.480. The molecule has 4 aliphatic rings. The molecule has 12 atom stereocenters. The first-order chi connectivity index (χ1) is 15.5. The summed E-state index contributed by atoms with van der Waals surface area (Å²) in [5, 5.41) is 22.2. The summed E-state index contributed by atoms with van der Waals surface area (Å²) in [7, 11) is 1.46. The van der Waals surface area contributed by atoms with Crippen LogP contribution in [0, 0.1) is 29.6 Å². The molecule has 2 N–H and O–H groups in total. The van der Waals surface area contributed by atoms with E-state index < -0.39 is 54.2 Å². The van der Waals surface area contributed by atoms with E-state index >= 15 is 0 Å². The van der Waals surface area contributed by atoms with Gasteiger partial charge in [0.25, 0.3) is 0 Å². The minimum Gasteiger partial charge on any atom is -0.459 e. The molecule has 0 aromatic rings. The molecule has 8 nitrogen and oxygen atoms in total. The number of carbonyl (C=O) groups is 2. The molecular weight excluding hydrogens is 428 g/mol. The normalized spacial score (nSPS) is 49.3. The number of ether oxygens (including phenoxy) is 4. The maximum Gasteiger partial charge on any atom is 0.335 e. The molecule has 33 heavy (non-hydrogen) atoms. The van der Waals surface area contributed by atoms with Crippen LogP contribution in [0.5, 0.6) is 0 Å². The molecular formula is C25H36O8. The van der Waals surface area contributed by atoms with Crippen LogP contribution in [0.1, 0.15) is 41.0 Å². The lowest BCUT2D eigenvalue weighted by Gasteiger charge is -2.48. The fourth-order valence-corrected chi connectivity index (χ4v) is 6.66. The highest BCUT2D eigenvalue weighted by Gasteiger charge is 2.68. The smallest absolute Gasteiger partial charge is 0.335 e. The van der Waals surface area contributed by atoms with Gasteiger partial charge in [0.1, 0.15) is 17.8 Å². The minimum atomic E-state index is -0.882. The number of hydrogen-bond donors (Lipinski definition) is 2. The molecule has 1 saturated heterocycles. The third-order valence-corrected chi connectivity index (χ3v) is 8.25. The van der Waals surface area contributed by atoms with Crippen LogP contribution >= 0.6 is 0 Å². The van der Waals surface area contributed by atoms with Gasteiger partial charge in [0.2, 0.25) is 0 Å². The van der Waals surface area contributed by atoms with Crippen LogP contribution in [0.4, 0.5) is 0 Å². The van der Waals surface area contributed by atoms with E-state index in [-0.39, 0.29) is 29.6 Å². The molecule has 8 heteroatoms. The molecule has 2 heterocycles. The molecule has 184 valence electrons. The summed E-state index contributed by atoms with van der Waals surface area (Å²) in [5.41, 5.74) is 0.0302. The molecule has 0 aromatic heterocycles. The Morgan fingerprint density at radius 2 is 1.94 bits per heavy atom. The van der Waals surface area contributed by atoms with E-state index in [4.69, 9.17) is 18.9 Å². The van der Waals surface area contributed by atoms with Gasteiger partial charge in [-0.3, -0.25) is 4.79 Å². The largest absolute Gasteiger partial charge is 0.459 e. The zero-order valence-electron chi connectivity index (χ0n) is 20.1. The molecule has 4 rings (SSSR count). The molecule has 0 radical (unpaired) electrons. The van der Waals surface area contributed by atoms with Crippen molar-refractivity contribution in [1.29, 1.82) is 0 Å². The van der Waals surface area contributed by atoms with Crippen LogP contribution in [-0.2, 0) is 28.5 Å². The van der Waals surface area contributed by atoms with E-state index in [9.17, 15) is 19.8 Å². The Morgan fingerprint density at radius 3 is 2.58 bits per heavy atom. The Labute approximate surface area is 194 Å². The van der Waals surface area contributed by atoms with Gasteiger partial charge in [0.05, 0.1) is 18.3 Å². The molecule has 4 bridgehead atoms. The zero-order chi connectivity index (χ0) is 24.2. The molecule has 0 aromatic carbocycles. The number of cyclic esters (lactones) is 1. The monoisotopic (exact) mass is 464 g/mol. The Hall–Kier alpha value is -1.74. The van der Waals surface area contributed by atoms with Gasteiger partial charge in [-0.2, -0.15) is 0 Å². The number of aliphatic hydroxyl groups excluding tert-OH is 2. The van der Waals surface area contributed by atoms with Crippen molar-refractivity contribution in [3.8, 4) is 0 Å². The topological polar surface area (TPSA) is 112 Å². The van der Waals surface area contributed by atoms with Gasteiger partial charge in [0, 0.05) is 43.6 Å². The Balaban J connectivity index is 1.82. The van der Waals surface area contributed by atoms with E-state index in [2.05, 4.69) is 0 Å². The fraction of sp³-hybridized carbons (Fsp3) is 0.760. The average Bonchev–Trinajstić information content (AvgIpc) is 2.96. The van der Waals surface area contributed by atoms with E-state index in [1.54, 1.807) is 6.92 Å². The first-order valence-electron chi connectivity index (χ1n) is 11.8. The second kappa shape index (κ2) is 8.80. The van der Waals surface area contributed by atoms with Crippen LogP contribution in [-0.4, -0.2) is 71.5 Å². The summed E-state index contributed by atoms with van der Waals surface area (Å²) in [6.45, 7) is 8.75. The summed E-state index contributed by atoms with van der Waals surface area (Å²) in [6, 6.07) is 0. The number of rotatable bonds is 3. The third kappa shape index (κ3) is 3.75. The van der Waals surface area contributed by atoms with Gasteiger partial charge in [-0.05, 0) is 25.8 Å². The van der Waals surface area contributed by atoms with Crippen molar-refractivity contribution in [2.24, 2.45) is 29.6 Å². The lowest BCUT2D eigenvalue weighted by molar-refractivity contribution is -0.178. The fourth-order valence-electron chi connectivity index (χ4n) is 6.66. The Morgan fingerprint density at radius 1 is 1.24 bits per heavy atom. The molecule has 2 fully saturated rings. The van der Waals surface area contributed by atoms with Gasteiger partial charge in [0.15, 0.2) is 6.10 Å². The highest BCUT2D eigenvalue weighted by molar-refractivity contribution is 5.75. The minimum absolute atomic E-state index is 0.118. The number of esters is 2. The Kier molecular flexibility index (Phi) is 6.50. The summed E-state index contributed by atoms with van der Waals surface area (Å²) < 4.78 is 23.4. The third-order valence-electron chi connectivity index (χ3n) is 8.25. The van der Waals surface area contributed by atoms with Crippen LogP contribution < -0.4 is 0 Å². The predicted molar refractivity (Wildman–Crippen MR) is 118 cm³/mol. The first kappa shape index (κ1) is 24.4. The summed E-state index contributed by atoms with van der Waals surface area (Å²) in [4.78, 5) is 24.7. The van der Waals surface area contributed by atoms with E-state index in [1.807, 2.05) is 39.0 Å². The molecule has 0 unspecified atom stereocenters. The first-order valence-corrected chi connectivity index (χ1v) is 11.8. The van der Waals surface area contributed by atoms with Crippen molar-refractivity contribution in [3.63, 3.8) is 0 Å². The maximum absolute atomic E-state index is 13.1. The molecule has 2 aliphatic carbocycles. The van der Waals surface area contributed by atoms with Crippen LogP contribution in [0.25, 0.3) is 0 Å². The van der Waals surface area contributed by atoms with Gasteiger partial charge < -0.3 is 29.2 Å². The highest BCUT2D eigenvalue weighted by atomic mass is 16.6. The van der Waals surface area contributed by atoms with Gasteiger partial charge in [-0.1, -0.05) is 32.1 Å². The summed E-state index contributed by atoms with van der Waals surface area (Å²) in [5.74, 6) is -2.24. The SMILES string of the molecule is CO[C@H]1C[C@H]2C=C[C@H]3[C@H]4O[C@]2(/C(C)=C\[C@@H](C)[C@@H]([C@@H](C)OC(C)=O)OC1=O)[C@@H]3[C@H](O)[C@@H](C)[C@H]4O. The van der Waals surface area contributed by atoms with Crippen molar-refractivity contribution in [2.45, 2.75) is 83.3 Å². The lowest BCUT2D eigenvalue weighted by Crippen LogP contribution is -2.56. The van der Waals surface area contributed by atoms with Gasteiger partial charge >= 0.3 is 11.9 Å². The van der Waals surface area contributed by atoms with Crippen molar-refractivity contribution in [1.82, 2.24) is 0 Å². The molecule has 0 amide bonds. The van der Waals surface area contributed by atoms with Crippen molar-refractivity contribution in [2.75, 3.05) is 7.11 Å². The number of hydrogen-bond acceptors (Lipinski definition) is 8. The van der Waals surface area contributed by atoms with Crippen LogP contribution in [0.3, 0.4) is 0 Å². The lowest BCUT2D eigenvalue weighted by atomic mass is 9.57. The number of aliphatic hydroxyl groups is 2. The van der Waals surface area contributed by atoms with Crippen molar-refractivity contribution in [3.05, 3.63) is 23.8 Å². The standard InChI is InChI=1S/C25H36O8/c1-11-9-12(2)25-16(7-8-17-19(25)20(27)13(3)21(28)23(17)33-25)10-18(30-6)24(29)32-22(11)14(4)31-15(5)26/h7-9,11,13-14,16-23,27-28H,10H2,1-6H3/b12-9-/t11-,13-,14-,16-,17-,18+,19+,20-,21-,22+,23-,25+/m1/s1. The second-order valence-electron chi connectivity index (χ2n) is 10.2. The molecule has 1 saturated carbocycles. The second-order valence-corrected chi connectivity index (χ2v) is 10.2. The van der Waals surface area contributed by atoms with Crippen molar-refractivity contribution >= 4 is 11.9 Å². The molecule has 2 aliphatic heterocycles. The van der Waals surface area contributed by atoms with E-state index in [0.29, 0.717) is 6.42 Å².